The molecule has 1 aromatic carbocycles. The van der Waals surface area contributed by atoms with Gasteiger partial charge in [-0.15, -0.1) is 0 Å². The van der Waals surface area contributed by atoms with Gasteiger partial charge in [-0.1, -0.05) is 30.3 Å². The molecule has 0 spiro atoms. The summed E-state index contributed by atoms with van der Waals surface area (Å²) in [6, 6.07) is 10.5. The molecule has 1 aromatic heterocycles. The smallest absolute Gasteiger partial charge is 0.319 e. The lowest BCUT2D eigenvalue weighted by molar-refractivity contribution is 0.174. The monoisotopic (exact) mass is 367 g/mol. The maximum Gasteiger partial charge on any atom is 0.319 e. The van der Waals surface area contributed by atoms with E-state index >= 15 is 0 Å². The van der Waals surface area contributed by atoms with Crippen LogP contribution in [0.2, 0.25) is 0 Å². The molecule has 2 aromatic rings. The first-order valence-corrected chi connectivity index (χ1v) is 9.55. The van der Waals surface area contributed by atoms with Gasteiger partial charge in [0.2, 0.25) is 0 Å². The molecule has 0 saturated carbocycles. The molecule has 1 fully saturated rings. The molecule has 2 amide bonds. The molecule has 1 aliphatic heterocycles. The SMILES string of the molecule is Cc1nc(C)c(Cc2ccccc2)c(N2CCCN(C(=O)N(C)C)CC2)n1. The van der Waals surface area contributed by atoms with E-state index in [1.807, 2.05) is 17.9 Å². The van der Waals surface area contributed by atoms with Crippen LogP contribution < -0.4 is 4.90 Å². The Labute approximate surface area is 161 Å². The third kappa shape index (κ3) is 4.56. The number of rotatable bonds is 3. The molecular formula is C21H29N5O. The van der Waals surface area contributed by atoms with E-state index in [1.54, 1.807) is 19.0 Å². The van der Waals surface area contributed by atoms with Crippen LogP contribution in [0.5, 0.6) is 0 Å². The molecule has 0 unspecified atom stereocenters. The molecule has 0 bridgehead atoms. The molecule has 0 atom stereocenters. The third-order valence-corrected chi connectivity index (χ3v) is 4.98. The number of hydrogen-bond donors (Lipinski definition) is 0. The Balaban J connectivity index is 1.86. The minimum absolute atomic E-state index is 0.0800. The van der Waals surface area contributed by atoms with E-state index in [0.717, 1.165) is 49.8 Å². The summed E-state index contributed by atoms with van der Waals surface area (Å²) < 4.78 is 0. The van der Waals surface area contributed by atoms with Crippen molar-refractivity contribution in [1.29, 1.82) is 0 Å². The Morgan fingerprint density at radius 3 is 2.48 bits per heavy atom. The van der Waals surface area contributed by atoms with Crippen molar-refractivity contribution in [1.82, 2.24) is 19.8 Å². The van der Waals surface area contributed by atoms with Crippen molar-refractivity contribution in [2.45, 2.75) is 26.7 Å². The van der Waals surface area contributed by atoms with E-state index in [4.69, 9.17) is 4.98 Å². The molecule has 6 nitrogen and oxygen atoms in total. The minimum atomic E-state index is 0.0800. The highest BCUT2D eigenvalue weighted by molar-refractivity contribution is 5.74. The fraction of sp³-hybridized carbons (Fsp3) is 0.476. The minimum Gasteiger partial charge on any atom is -0.354 e. The van der Waals surface area contributed by atoms with Crippen LogP contribution in [0.15, 0.2) is 30.3 Å². The van der Waals surface area contributed by atoms with Crippen molar-refractivity contribution in [3.63, 3.8) is 0 Å². The number of hydrogen-bond acceptors (Lipinski definition) is 4. The molecular weight excluding hydrogens is 338 g/mol. The highest BCUT2D eigenvalue weighted by Crippen LogP contribution is 2.25. The summed E-state index contributed by atoms with van der Waals surface area (Å²) in [4.78, 5) is 27.6. The van der Waals surface area contributed by atoms with E-state index in [0.29, 0.717) is 6.54 Å². The lowest BCUT2D eigenvalue weighted by Gasteiger charge is -2.27. The highest BCUT2D eigenvalue weighted by atomic mass is 16.2. The van der Waals surface area contributed by atoms with E-state index in [9.17, 15) is 4.79 Å². The Hall–Kier alpha value is -2.63. The summed E-state index contributed by atoms with van der Waals surface area (Å²) in [6.45, 7) is 7.19. The van der Waals surface area contributed by atoms with E-state index < -0.39 is 0 Å². The molecule has 1 aliphatic rings. The van der Waals surface area contributed by atoms with Crippen LogP contribution in [0, 0.1) is 13.8 Å². The number of urea groups is 1. The number of aryl methyl sites for hydroxylation is 2. The summed E-state index contributed by atoms with van der Waals surface area (Å²) >= 11 is 0. The van der Waals surface area contributed by atoms with Gasteiger partial charge in [-0.3, -0.25) is 0 Å². The molecule has 1 saturated heterocycles. The van der Waals surface area contributed by atoms with E-state index in [1.165, 1.54) is 11.1 Å². The molecule has 0 radical (unpaired) electrons. The van der Waals surface area contributed by atoms with Crippen LogP contribution >= 0.6 is 0 Å². The molecule has 2 heterocycles. The highest BCUT2D eigenvalue weighted by Gasteiger charge is 2.23. The van der Waals surface area contributed by atoms with Crippen LogP contribution in [0.4, 0.5) is 10.6 Å². The van der Waals surface area contributed by atoms with Gasteiger partial charge in [0.1, 0.15) is 11.6 Å². The van der Waals surface area contributed by atoms with Crippen LogP contribution in [0.25, 0.3) is 0 Å². The van der Waals surface area contributed by atoms with Crippen molar-refractivity contribution in [2.24, 2.45) is 0 Å². The quantitative estimate of drug-likeness (QED) is 0.837. The van der Waals surface area contributed by atoms with Gasteiger partial charge >= 0.3 is 6.03 Å². The fourth-order valence-electron chi connectivity index (χ4n) is 3.59. The number of aromatic nitrogens is 2. The fourth-order valence-corrected chi connectivity index (χ4v) is 3.59. The van der Waals surface area contributed by atoms with Gasteiger partial charge in [0.15, 0.2) is 0 Å². The first-order chi connectivity index (χ1) is 13.0. The summed E-state index contributed by atoms with van der Waals surface area (Å²) in [6.07, 6.45) is 1.76. The molecule has 0 aliphatic carbocycles. The van der Waals surface area contributed by atoms with Gasteiger partial charge in [0.05, 0.1) is 0 Å². The summed E-state index contributed by atoms with van der Waals surface area (Å²) in [5.74, 6) is 1.81. The first-order valence-electron chi connectivity index (χ1n) is 9.55. The molecule has 0 N–H and O–H groups in total. The molecule has 144 valence electrons. The number of nitrogens with zero attached hydrogens (tertiary/aromatic N) is 5. The van der Waals surface area contributed by atoms with Crippen LogP contribution in [-0.4, -0.2) is 66.1 Å². The second-order valence-electron chi connectivity index (χ2n) is 7.33. The maximum absolute atomic E-state index is 12.3. The Bertz CT molecular complexity index is 791. The second-order valence-corrected chi connectivity index (χ2v) is 7.33. The normalized spacial score (nSPS) is 14.8. The topological polar surface area (TPSA) is 52.6 Å². The number of anilines is 1. The molecule has 27 heavy (non-hydrogen) atoms. The van der Waals surface area contributed by atoms with Crippen molar-refractivity contribution in [3.8, 4) is 0 Å². The van der Waals surface area contributed by atoms with Crippen LogP contribution in [0.3, 0.4) is 0 Å². The number of benzene rings is 1. The predicted molar refractivity (Wildman–Crippen MR) is 108 cm³/mol. The summed E-state index contributed by atoms with van der Waals surface area (Å²) in [7, 11) is 3.61. The van der Waals surface area contributed by atoms with E-state index in [2.05, 4.69) is 41.1 Å². The molecule has 3 rings (SSSR count). The number of carbonyl (C=O) groups is 1. The molecule has 6 heteroatoms. The van der Waals surface area contributed by atoms with Gasteiger partial charge in [-0.2, -0.15) is 0 Å². The van der Waals surface area contributed by atoms with Crippen LogP contribution in [0.1, 0.15) is 29.1 Å². The van der Waals surface area contributed by atoms with Gasteiger partial charge in [0.25, 0.3) is 0 Å². The summed E-state index contributed by atoms with van der Waals surface area (Å²) in [5.41, 5.74) is 3.47. The maximum atomic E-state index is 12.3. The van der Waals surface area contributed by atoms with Gasteiger partial charge in [0, 0.05) is 58.0 Å². The Kier molecular flexibility index (Phi) is 5.94. The average molecular weight is 367 g/mol. The number of carbonyl (C=O) groups excluding carboxylic acids is 1. The van der Waals surface area contributed by atoms with Crippen molar-refractivity contribution in [2.75, 3.05) is 45.2 Å². The van der Waals surface area contributed by atoms with Crippen molar-refractivity contribution < 1.29 is 4.79 Å². The zero-order valence-corrected chi connectivity index (χ0v) is 16.8. The van der Waals surface area contributed by atoms with Gasteiger partial charge < -0.3 is 14.7 Å². The second kappa shape index (κ2) is 8.37. The van der Waals surface area contributed by atoms with Crippen molar-refractivity contribution >= 4 is 11.8 Å². The standard InChI is InChI=1S/C21H29N5O/c1-16-19(15-18-9-6-5-7-10-18)20(23-17(2)22-16)25-11-8-12-26(14-13-25)21(27)24(3)4/h5-7,9-10H,8,11-15H2,1-4H3. The van der Waals surface area contributed by atoms with Gasteiger partial charge in [-0.25, -0.2) is 14.8 Å². The Morgan fingerprint density at radius 2 is 1.78 bits per heavy atom. The lowest BCUT2D eigenvalue weighted by atomic mass is 10.0. The number of amides is 2. The average Bonchev–Trinajstić information content (AvgIpc) is 2.90. The van der Waals surface area contributed by atoms with Gasteiger partial charge in [-0.05, 0) is 25.8 Å². The zero-order valence-electron chi connectivity index (χ0n) is 16.8. The lowest BCUT2D eigenvalue weighted by Crippen LogP contribution is -2.41. The van der Waals surface area contributed by atoms with Crippen molar-refractivity contribution in [3.05, 3.63) is 53.0 Å². The largest absolute Gasteiger partial charge is 0.354 e. The first kappa shape index (κ1) is 19.1. The van der Waals surface area contributed by atoms with E-state index in [-0.39, 0.29) is 6.03 Å². The summed E-state index contributed by atoms with van der Waals surface area (Å²) in [5, 5.41) is 0. The Morgan fingerprint density at radius 1 is 1.04 bits per heavy atom. The van der Waals surface area contributed by atoms with Crippen LogP contribution in [-0.2, 0) is 6.42 Å². The third-order valence-electron chi connectivity index (χ3n) is 4.98. The predicted octanol–water partition coefficient (Wildman–Crippen LogP) is 2.88. The zero-order chi connectivity index (χ0) is 19.4.